The summed E-state index contributed by atoms with van der Waals surface area (Å²) in [6.45, 7) is 8.89. The van der Waals surface area contributed by atoms with Gasteiger partial charge in [0.15, 0.2) is 0 Å². The first-order valence-corrected chi connectivity index (χ1v) is 16.7. The first kappa shape index (κ1) is 33.9. The molecule has 2 heterocycles. The third-order valence-electron chi connectivity index (χ3n) is 9.00. The van der Waals surface area contributed by atoms with Gasteiger partial charge >= 0.3 is 0 Å². The van der Waals surface area contributed by atoms with Crippen LogP contribution in [0, 0.1) is 0 Å². The molecular formula is C38H45N5O4. The van der Waals surface area contributed by atoms with E-state index in [0.717, 1.165) is 54.5 Å². The molecule has 4 amide bonds. The van der Waals surface area contributed by atoms with Crippen LogP contribution in [0.4, 0.5) is 0 Å². The van der Waals surface area contributed by atoms with E-state index < -0.39 is 0 Å². The Hall–Kier alpha value is -4.44. The summed E-state index contributed by atoms with van der Waals surface area (Å²) in [4.78, 5) is 60.6. The molecule has 9 heteroatoms. The van der Waals surface area contributed by atoms with Gasteiger partial charge in [0.2, 0.25) is 0 Å². The van der Waals surface area contributed by atoms with Crippen molar-refractivity contribution >= 4 is 40.0 Å². The second-order valence-corrected chi connectivity index (χ2v) is 11.9. The molecule has 3 aliphatic rings. The molecular weight excluding hydrogens is 590 g/mol. The highest BCUT2D eigenvalue weighted by Crippen LogP contribution is 2.33. The quantitative estimate of drug-likeness (QED) is 0.277. The van der Waals surface area contributed by atoms with Crippen molar-refractivity contribution < 1.29 is 19.2 Å². The smallest absolute Gasteiger partial charge is 0.261 e. The molecule has 9 nitrogen and oxygen atoms in total. The molecule has 3 aromatic rings. The number of hydrogen-bond donors (Lipinski definition) is 1. The van der Waals surface area contributed by atoms with Crippen molar-refractivity contribution in [2.45, 2.75) is 26.7 Å². The van der Waals surface area contributed by atoms with Gasteiger partial charge in [-0.2, -0.15) is 0 Å². The van der Waals surface area contributed by atoms with Gasteiger partial charge in [0.1, 0.15) is 0 Å². The molecule has 0 saturated carbocycles. The van der Waals surface area contributed by atoms with E-state index >= 15 is 0 Å². The van der Waals surface area contributed by atoms with Gasteiger partial charge in [0, 0.05) is 72.5 Å². The summed E-state index contributed by atoms with van der Waals surface area (Å²) in [6, 6.07) is 16.8. The predicted molar refractivity (Wildman–Crippen MR) is 186 cm³/mol. The number of carbonyl (C=O) groups excluding carboxylic acids is 4. The van der Waals surface area contributed by atoms with Crippen LogP contribution in [0.1, 0.15) is 62.5 Å². The molecule has 0 bridgehead atoms. The summed E-state index contributed by atoms with van der Waals surface area (Å²) in [5.74, 6) is -0.954. The van der Waals surface area contributed by atoms with Gasteiger partial charge in [0.25, 0.3) is 23.6 Å². The molecule has 0 unspecified atom stereocenters. The van der Waals surface area contributed by atoms with Crippen LogP contribution in [0.3, 0.4) is 0 Å². The summed E-state index contributed by atoms with van der Waals surface area (Å²) in [6.07, 6.45) is 7.30. The van der Waals surface area contributed by atoms with E-state index in [0.29, 0.717) is 54.9 Å². The molecule has 0 atom stereocenters. The van der Waals surface area contributed by atoms with Crippen molar-refractivity contribution in [2.75, 3.05) is 66.5 Å². The first-order valence-electron chi connectivity index (χ1n) is 16.7. The van der Waals surface area contributed by atoms with E-state index in [4.69, 9.17) is 0 Å². The normalized spacial score (nSPS) is 15.2. The Morgan fingerprint density at radius 1 is 0.723 bits per heavy atom. The van der Waals surface area contributed by atoms with Gasteiger partial charge in [-0.1, -0.05) is 62.4 Å². The third-order valence-corrected chi connectivity index (χ3v) is 9.00. The van der Waals surface area contributed by atoms with Crippen molar-refractivity contribution in [1.29, 1.82) is 0 Å². The molecule has 246 valence electrons. The molecule has 1 N–H and O–H groups in total. The summed E-state index contributed by atoms with van der Waals surface area (Å²) >= 11 is 0. The van der Waals surface area contributed by atoms with Crippen molar-refractivity contribution in [2.24, 2.45) is 0 Å². The topological polar surface area (TPSA) is 93.3 Å². The molecule has 0 radical (unpaired) electrons. The number of nitrogens with zero attached hydrogens (tertiary/aromatic N) is 4. The molecule has 47 heavy (non-hydrogen) atoms. The minimum Gasteiger partial charge on any atom is -0.318 e. The zero-order valence-electron chi connectivity index (χ0n) is 27.9. The van der Waals surface area contributed by atoms with Crippen LogP contribution in [0.2, 0.25) is 0 Å². The fraction of sp³-hybridized carbons (Fsp3) is 0.368. The molecule has 0 fully saturated rings. The molecule has 1 aliphatic carbocycles. The first-order chi connectivity index (χ1) is 22.9. The SMILES string of the molecule is CC.CNCCN(CCCN(C)CCN1C(=O)c2cccc3cccc(c23)C1=O)CCN1C(=O)C2=CC=CCc3cccc(c32)C1=O. The second kappa shape index (κ2) is 15.4. The van der Waals surface area contributed by atoms with E-state index in [1.54, 1.807) is 12.1 Å². The lowest BCUT2D eigenvalue weighted by molar-refractivity contribution is -0.123. The van der Waals surface area contributed by atoms with Gasteiger partial charge < -0.3 is 15.1 Å². The Morgan fingerprint density at radius 3 is 2.04 bits per heavy atom. The Labute approximate surface area is 277 Å². The number of hydrogen-bond acceptors (Lipinski definition) is 7. The Balaban J connectivity index is 0.00000213. The number of likely N-dealkylation sites (N-methyl/N-ethyl adjacent to an activating group) is 2. The van der Waals surface area contributed by atoms with Crippen LogP contribution < -0.4 is 5.32 Å². The molecule has 3 aromatic carbocycles. The lowest BCUT2D eigenvalue weighted by atomic mass is 9.89. The molecule has 6 rings (SSSR count). The number of nitrogens with one attached hydrogen (secondary N) is 1. The lowest BCUT2D eigenvalue weighted by Crippen LogP contribution is -2.47. The molecule has 0 aromatic heterocycles. The number of rotatable bonds is 13. The molecule has 2 aliphatic heterocycles. The van der Waals surface area contributed by atoms with E-state index in [1.807, 2.05) is 88.6 Å². The van der Waals surface area contributed by atoms with Crippen LogP contribution in [-0.2, 0) is 11.2 Å². The van der Waals surface area contributed by atoms with E-state index in [9.17, 15) is 19.2 Å². The number of amides is 4. The Kier molecular flexibility index (Phi) is 11.1. The van der Waals surface area contributed by atoms with E-state index in [-0.39, 0.29) is 23.6 Å². The van der Waals surface area contributed by atoms with Crippen molar-refractivity contribution in [3.05, 3.63) is 101 Å². The van der Waals surface area contributed by atoms with Gasteiger partial charge in [-0.15, -0.1) is 0 Å². The number of imide groups is 2. The van der Waals surface area contributed by atoms with E-state index in [2.05, 4.69) is 15.1 Å². The average Bonchev–Trinajstić information content (AvgIpc) is 3.32. The molecule has 0 spiro atoms. The summed E-state index contributed by atoms with van der Waals surface area (Å²) < 4.78 is 0. The van der Waals surface area contributed by atoms with Gasteiger partial charge in [-0.3, -0.25) is 29.0 Å². The maximum absolute atomic E-state index is 13.5. The van der Waals surface area contributed by atoms with Crippen LogP contribution in [0.5, 0.6) is 0 Å². The van der Waals surface area contributed by atoms with Crippen LogP contribution in [-0.4, -0.2) is 110 Å². The zero-order chi connectivity index (χ0) is 33.5. The predicted octanol–water partition coefficient (Wildman–Crippen LogP) is 4.48. The highest BCUT2D eigenvalue weighted by molar-refractivity contribution is 6.31. The van der Waals surface area contributed by atoms with Crippen LogP contribution in [0.15, 0.2) is 72.8 Å². The summed E-state index contributed by atoms with van der Waals surface area (Å²) in [7, 11) is 3.91. The van der Waals surface area contributed by atoms with Crippen molar-refractivity contribution in [3.8, 4) is 0 Å². The number of carbonyl (C=O) groups is 4. The highest BCUT2D eigenvalue weighted by Gasteiger charge is 2.36. The third kappa shape index (κ3) is 6.98. The zero-order valence-corrected chi connectivity index (χ0v) is 27.9. The second-order valence-electron chi connectivity index (χ2n) is 11.9. The maximum Gasteiger partial charge on any atom is 0.261 e. The van der Waals surface area contributed by atoms with Crippen LogP contribution in [0.25, 0.3) is 16.3 Å². The Bertz CT molecular complexity index is 1680. The standard InChI is InChI=1S/C36H39N5O4.C2H6/c1-37-17-20-39(22-24-41-33(42)27-13-4-3-9-25-10-5-14-28(31(25)27)36(41)45)19-8-18-38(2)21-23-40-34(43)29-15-6-11-26-12-7-16-30(32(26)29)35(40)44;1-2/h3-7,10-16,37H,8-9,17-24H2,1-2H3;1-2H3. The lowest BCUT2D eigenvalue weighted by Gasteiger charge is -2.32. The van der Waals surface area contributed by atoms with Crippen molar-refractivity contribution in [1.82, 2.24) is 24.9 Å². The Morgan fingerprint density at radius 2 is 1.34 bits per heavy atom. The minimum absolute atomic E-state index is 0.232. The maximum atomic E-state index is 13.5. The number of allylic oxidation sites excluding steroid dienone is 3. The van der Waals surface area contributed by atoms with Crippen molar-refractivity contribution in [3.63, 3.8) is 0 Å². The monoisotopic (exact) mass is 635 g/mol. The average molecular weight is 636 g/mol. The fourth-order valence-corrected chi connectivity index (χ4v) is 6.55. The minimum atomic E-state index is -0.243. The summed E-state index contributed by atoms with van der Waals surface area (Å²) in [5, 5.41) is 4.84. The van der Waals surface area contributed by atoms with Gasteiger partial charge in [-0.05, 0) is 75.3 Å². The fourth-order valence-electron chi connectivity index (χ4n) is 6.55. The van der Waals surface area contributed by atoms with Gasteiger partial charge in [0.05, 0.1) is 0 Å². The number of benzene rings is 3. The van der Waals surface area contributed by atoms with E-state index in [1.165, 1.54) is 9.80 Å². The summed E-state index contributed by atoms with van der Waals surface area (Å²) in [5.41, 5.74) is 4.11. The highest BCUT2D eigenvalue weighted by atomic mass is 16.2. The largest absolute Gasteiger partial charge is 0.318 e. The van der Waals surface area contributed by atoms with Gasteiger partial charge in [-0.25, -0.2) is 0 Å². The molecule has 0 saturated heterocycles. The van der Waals surface area contributed by atoms with Crippen LogP contribution >= 0.6 is 0 Å².